The van der Waals surface area contributed by atoms with Crippen LogP contribution in [0.3, 0.4) is 0 Å². The monoisotopic (exact) mass is 314 g/mol. The van der Waals surface area contributed by atoms with E-state index in [1.54, 1.807) is 6.07 Å². The predicted octanol–water partition coefficient (Wildman–Crippen LogP) is 1.08. The van der Waals surface area contributed by atoms with Crippen molar-refractivity contribution in [1.29, 1.82) is 0 Å². The smallest absolute Gasteiger partial charge is 0.237 e. The van der Waals surface area contributed by atoms with Gasteiger partial charge in [-0.3, -0.25) is 4.79 Å². The molecule has 0 aliphatic carbocycles. The van der Waals surface area contributed by atoms with Gasteiger partial charge in [-0.2, -0.15) is 0 Å². The largest absolute Gasteiger partial charge is 0.492 e. The lowest BCUT2D eigenvalue weighted by atomic mass is 10.2. The highest BCUT2D eigenvalue weighted by Gasteiger charge is 2.21. The van der Waals surface area contributed by atoms with Crippen LogP contribution in [0, 0.1) is 0 Å². The number of nitrogens with one attached hydrogen (secondary N) is 2. The Hall–Kier alpha value is -1.66. The normalized spacial score (nSPS) is 19.0. The van der Waals surface area contributed by atoms with Gasteiger partial charge in [0.05, 0.1) is 12.6 Å². The molecule has 2 heterocycles. The van der Waals surface area contributed by atoms with Gasteiger partial charge in [0.15, 0.2) is 11.5 Å². The van der Waals surface area contributed by atoms with E-state index in [0.717, 1.165) is 25.1 Å². The molecule has 116 valence electrons. The van der Waals surface area contributed by atoms with Crippen LogP contribution in [0.4, 0.5) is 0 Å². The molecule has 0 bridgehead atoms. The average Bonchev–Trinajstić information content (AvgIpc) is 3.13. The van der Waals surface area contributed by atoms with Gasteiger partial charge in [-0.25, -0.2) is 0 Å². The number of carbonyl (C=O) groups excluding carboxylic acids is 1. The number of hydrogen-bond donors (Lipinski definition) is 2. The van der Waals surface area contributed by atoms with Crippen molar-refractivity contribution < 1.29 is 19.0 Å². The summed E-state index contributed by atoms with van der Waals surface area (Å²) in [7, 11) is 0. The minimum absolute atomic E-state index is 0. The maximum atomic E-state index is 11.7. The van der Waals surface area contributed by atoms with Crippen molar-refractivity contribution >= 4 is 18.3 Å². The summed E-state index contributed by atoms with van der Waals surface area (Å²) < 4.78 is 16.1. The number of halogens is 1. The first-order valence-corrected chi connectivity index (χ1v) is 6.86. The first-order chi connectivity index (χ1) is 9.83. The molecule has 2 N–H and O–H groups in total. The summed E-state index contributed by atoms with van der Waals surface area (Å²) >= 11 is 0. The van der Waals surface area contributed by atoms with E-state index in [0.29, 0.717) is 24.7 Å². The molecule has 1 fully saturated rings. The Morgan fingerprint density at radius 1 is 1.38 bits per heavy atom. The Balaban J connectivity index is 0.00000161. The molecule has 2 aliphatic rings. The molecule has 6 nitrogen and oxygen atoms in total. The highest BCUT2D eigenvalue weighted by molar-refractivity contribution is 5.85. The zero-order valence-electron chi connectivity index (χ0n) is 11.6. The van der Waals surface area contributed by atoms with Gasteiger partial charge in [-0.1, -0.05) is 0 Å². The third-order valence-electron chi connectivity index (χ3n) is 3.39. The van der Waals surface area contributed by atoms with Gasteiger partial charge >= 0.3 is 0 Å². The van der Waals surface area contributed by atoms with Crippen LogP contribution in [-0.4, -0.2) is 38.4 Å². The summed E-state index contributed by atoms with van der Waals surface area (Å²) in [4.78, 5) is 11.7. The molecule has 3 rings (SSSR count). The molecule has 1 unspecified atom stereocenters. The lowest BCUT2D eigenvalue weighted by Crippen LogP contribution is -2.41. The zero-order valence-corrected chi connectivity index (χ0v) is 12.4. The molecule has 1 aromatic carbocycles. The van der Waals surface area contributed by atoms with E-state index < -0.39 is 0 Å². The van der Waals surface area contributed by atoms with E-state index in [1.165, 1.54) is 0 Å². The van der Waals surface area contributed by atoms with Gasteiger partial charge in [0.25, 0.3) is 0 Å². The molecule has 1 saturated heterocycles. The Labute approximate surface area is 129 Å². The van der Waals surface area contributed by atoms with E-state index in [1.807, 2.05) is 12.1 Å². The molecule has 1 aromatic rings. The molecule has 0 saturated carbocycles. The summed E-state index contributed by atoms with van der Waals surface area (Å²) in [5, 5.41) is 6.02. The second kappa shape index (κ2) is 7.38. The van der Waals surface area contributed by atoms with Crippen molar-refractivity contribution in [2.75, 3.05) is 26.5 Å². The molecule has 0 aromatic heterocycles. The predicted molar refractivity (Wildman–Crippen MR) is 79.3 cm³/mol. The second-order valence-corrected chi connectivity index (χ2v) is 4.80. The topological polar surface area (TPSA) is 68.8 Å². The highest BCUT2D eigenvalue weighted by Crippen LogP contribution is 2.34. The maximum Gasteiger partial charge on any atom is 0.237 e. The van der Waals surface area contributed by atoms with Crippen LogP contribution in [0.5, 0.6) is 17.2 Å². The lowest BCUT2D eigenvalue weighted by molar-refractivity contribution is -0.122. The molecule has 21 heavy (non-hydrogen) atoms. The number of hydrogen-bond acceptors (Lipinski definition) is 5. The van der Waals surface area contributed by atoms with Gasteiger partial charge in [0.2, 0.25) is 12.7 Å². The summed E-state index contributed by atoms with van der Waals surface area (Å²) in [6.45, 7) is 2.10. The minimum Gasteiger partial charge on any atom is -0.492 e. The van der Waals surface area contributed by atoms with Crippen LogP contribution in [0.15, 0.2) is 18.2 Å². The van der Waals surface area contributed by atoms with E-state index >= 15 is 0 Å². The third kappa shape index (κ3) is 3.92. The number of rotatable bonds is 5. The lowest BCUT2D eigenvalue weighted by Gasteiger charge is -2.11. The molecule has 1 amide bonds. The Kier molecular flexibility index (Phi) is 5.52. The van der Waals surface area contributed by atoms with Crippen LogP contribution >= 0.6 is 12.4 Å². The van der Waals surface area contributed by atoms with Crippen molar-refractivity contribution in [3.8, 4) is 17.2 Å². The minimum atomic E-state index is -0.0412. The first-order valence-electron chi connectivity index (χ1n) is 6.86. The van der Waals surface area contributed by atoms with Crippen LogP contribution in [-0.2, 0) is 4.79 Å². The van der Waals surface area contributed by atoms with E-state index in [4.69, 9.17) is 14.2 Å². The first kappa shape index (κ1) is 15.7. The number of amides is 1. The average molecular weight is 315 g/mol. The Bertz CT molecular complexity index is 492. The van der Waals surface area contributed by atoms with Crippen LogP contribution in [0.2, 0.25) is 0 Å². The van der Waals surface area contributed by atoms with Crippen molar-refractivity contribution in [2.45, 2.75) is 18.9 Å². The van der Waals surface area contributed by atoms with Crippen molar-refractivity contribution in [3.05, 3.63) is 18.2 Å². The number of fused-ring (bicyclic) bond motifs is 1. The second-order valence-electron chi connectivity index (χ2n) is 4.80. The summed E-state index contributed by atoms with van der Waals surface area (Å²) in [5.41, 5.74) is 0. The summed E-state index contributed by atoms with van der Waals surface area (Å²) in [6.07, 6.45) is 1.97. The number of carbonyl (C=O) groups is 1. The van der Waals surface area contributed by atoms with E-state index in [-0.39, 0.29) is 31.1 Å². The molecular weight excluding hydrogens is 296 g/mol. The van der Waals surface area contributed by atoms with Crippen molar-refractivity contribution in [1.82, 2.24) is 10.6 Å². The van der Waals surface area contributed by atoms with Gasteiger partial charge in [-0.05, 0) is 31.5 Å². The van der Waals surface area contributed by atoms with Gasteiger partial charge in [0.1, 0.15) is 12.4 Å². The fourth-order valence-electron chi connectivity index (χ4n) is 2.34. The van der Waals surface area contributed by atoms with E-state index in [9.17, 15) is 4.79 Å². The van der Waals surface area contributed by atoms with Crippen LogP contribution < -0.4 is 24.8 Å². The Morgan fingerprint density at radius 3 is 3.05 bits per heavy atom. The fourth-order valence-corrected chi connectivity index (χ4v) is 2.34. The molecule has 1 atom stereocenters. The Morgan fingerprint density at radius 2 is 2.24 bits per heavy atom. The highest BCUT2D eigenvalue weighted by atomic mass is 35.5. The fraction of sp³-hybridized carbons (Fsp3) is 0.500. The summed E-state index contributed by atoms with van der Waals surface area (Å²) in [6, 6.07) is 5.40. The molecular formula is C14H19ClN2O4. The van der Waals surface area contributed by atoms with Gasteiger partial charge in [-0.15, -0.1) is 12.4 Å². The maximum absolute atomic E-state index is 11.7. The molecule has 2 aliphatic heterocycles. The van der Waals surface area contributed by atoms with Crippen molar-refractivity contribution in [3.63, 3.8) is 0 Å². The van der Waals surface area contributed by atoms with E-state index in [2.05, 4.69) is 10.6 Å². The molecule has 0 spiro atoms. The van der Waals surface area contributed by atoms with Gasteiger partial charge in [0, 0.05) is 6.07 Å². The SMILES string of the molecule is Cl.O=C(NCCOc1ccc2c(c1)OCO2)C1CCCN1. The third-order valence-corrected chi connectivity index (χ3v) is 3.39. The molecule has 0 radical (unpaired) electrons. The van der Waals surface area contributed by atoms with Gasteiger partial charge < -0.3 is 24.8 Å². The van der Waals surface area contributed by atoms with Crippen molar-refractivity contribution in [2.24, 2.45) is 0 Å². The number of ether oxygens (including phenoxy) is 3. The molecule has 7 heteroatoms. The summed E-state index contributed by atoms with van der Waals surface area (Å²) in [5.74, 6) is 2.19. The quantitative estimate of drug-likeness (QED) is 0.796. The number of benzene rings is 1. The zero-order chi connectivity index (χ0) is 13.8. The standard InChI is InChI=1S/C14H18N2O4.ClH/c17-14(11-2-1-5-15-11)16-6-7-18-10-3-4-12-13(8-10)20-9-19-12;/h3-4,8,11,15H,1-2,5-7,9H2,(H,16,17);1H. The van der Waals surface area contributed by atoms with Crippen LogP contribution in [0.1, 0.15) is 12.8 Å². The van der Waals surface area contributed by atoms with Crippen LogP contribution in [0.25, 0.3) is 0 Å².